The number of fused-ring (bicyclic) bond motifs is 1. The largest absolute Gasteiger partial charge is 0.290 e. The van der Waals surface area contributed by atoms with Crippen LogP contribution in [0.1, 0.15) is 0 Å². The average molecular weight is 151 g/mol. The lowest BCUT2D eigenvalue weighted by Crippen LogP contribution is -1.85. The Balaban J connectivity index is 2.86. The minimum absolute atomic E-state index is 0.706. The lowest BCUT2D eigenvalue weighted by molar-refractivity contribution is 1.06. The van der Waals surface area contributed by atoms with Crippen molar-refractivity contribution in [3.8, 4) is 0 Å². The summed E-state index contributed by atoms with van der Waals surface area (Å²) in [5, 5.41) is 0. The number of rotatable bonds is 0. The normalized spacial score (nSPS) is 10.5. The Morgan fingerprint density at radius 3 is 3.20 bits per heavy atom. The highest BCUT2D eigenvalue weighted by Crippen LogP contribution is 2.03. The Morgan fingerprint density at radius 2 is 2.30 bits per heavy atom. The molecule has 0 aliphatic heterocycles. The van der Waals surface area contributed by atoms with Gasteiger partial charge in [0.05, 0.1) is 0 Å². The summed E-state index contributed by atoms with van der Waals surface area (Å²) in [6.45, 7) is 0. The molecular formula is C6H5N3S. The maximum absolute atomic E-state index is 4.12. The van der Waals surface area contributed by atoms with Crippen LogP contribution in [0.15, 0.2) is 29.7 Å². The first-order valence-corrected chi connectivity index (χ1v) is 3.29. The van der Waals surface area contributed by atoms with Crippen LogP contribution >= 0.6 is 12.6 Å². The van der Waals surface area contributed by atoms with Gasteiger partial charge in [-0.05, 0) is 0 Å². The maximum Gasteiger partial charge on any atom is 0.233 e. The molecule has 0 unspecified atom stereocenters. The van der Waals surface area contributed by atoms with Crippen LogP contribution in [0, 0.1) is 0 Å². The molecule has 50 valence electrons. The van der Waals surface area contributed by atoms with Gasteiger partial charge in [0.15, 0.2) is 0 Å². The number of hydrogen-bond acceptors (Lipinski definition) is 3. The van der Waals surface area contributed by atoms with E-state index in [1.54, 1.807) is 12.4 Å². The van der Waals surface area contributed by atoms with Gasteiger partial charge in [0, 0.05) is 29.7 Å². The Morgan fingerprint density at radius 1 is 1.40 bits per heavy atom. The van der Waals surface area contributed by atoms with Crippen molar-refractivity contribution in [1.29, 1.82) is 0 Å². The topological polar surface area (TPSA) is 30.2 Å². The molecule has 0 aliphatic carbocycles. The van der Waals surface area contributed by atoms with Crippen LogP contribution in [0.4, 0.5) is 0 Å². The van der Waals surface area contributed by atoms with E-state index in [4.69, 9.17) is 0 Å². The third-order valence-corrected chi connectivity index (χ3v) is 1.46. The van der Waals surface area contributed by atoms with Gasteiger partial charge in [0.25, 0.3) is 0 Å². The van der Waals surface area contributed by atoms with E-state index >= 15 is 0 Å². The SMILES string of the molecule is Sc1cnc2nccn2c1. The van der Waals surface area contributed by atoms with E-state index < -0.39 is 0 Å². The molecular weight excluding hydrogens is 146 g/mol. The Labute approximate surface area is 63.1 Å². The Kier molecular flexibility index (Phi) is 1.14. The van der Waals surface area contributed by atoms with Crippen LogP contribution in [0.25, 0.3) is 5.78 Å². The summed E-state index contributed by atoms with van der Waals surface area (Å²) in [4.78, 5) is 8.83. The number of nitrogens with zero attached hydrogens (tertiary/aromatic N) is 3. The van der Waals surface area contributed by atoms with Crippen LogP contribution in [-0.4, -0.2) is 14.4 Å². The highest BCUT2D eigenvalue weighted by Gasteiger charge is 1.92. The second kappa shape index (κ2) is 1.98. The molecule has 0 saturated heterocycles. The molecule has 10 heavy (non-hydrogen) atoms. The fraction of sp³-hybridized carbons (Fsp3) is 0. The summed E-state index contributed by atoms with van der Waals surface area (Å²) in [6.07, 6.45) is 7.07. The molecule has 0 aliphatic rings. The molecule has 0 bridgehead atoms. The van der Waals surface area contributed by atoms with E-state index in [2.05, 4.69) is 22.6 Å². The number of hydrogen-bond donors (Lipinski definition) is 1. The first-order chi connectivity index (χ1) is 4.86. The third-order valence-electron chi connectivity index (χ3n) is 1.23. The van der Waals surface area contributed by atoms with Gasteiger partial charge in [0.2, 0.25) is 5.78 Å². The molecule has 0 spiro atoms. The highest BCUT2D eigenvalue weighted by molar-refractivity contribution is 7.80. The van der Waals surface area contributed by atoms with E-state index in [0.717, 1.165) is 4.90 Å². The van der Waals surface area contributed by atoms with Crippen LogP contribution in [-0.2, 0) is 0 Å². The summed E-state index contributed by atoms with van der Waals surface area (Å²) in [5.74, 6) is 0.706. The van der Waals surface area contributed by atoms with Crippen LogP contribution in [0.2, 0.25) is 0 Å². The summed E-state index contributed by atoms with van der Waals surface area (Å²) in [5.41, 5.74) is 0. The van der Waals surface area contributed by atoms with Gasteiger partial charge in [0.1, 0.15) is 0 Å². The quantitative estimate of drug-likeness (QED) is 0.570. The minimum Gasteiger partial charge on any atom is -0.290 e. The molecule has 2 heterocycles. The zero-order valence-corrected chi connectivity index (χ0v) is 5.99. The molecule has 0 atom stereocenters. The van der Waals surface area contributed by atoms with Crippen molar-refractivity contribution in [1.82, 2.24) is 14.4 Å². The highest BCUT2D eigenvalue weighted by atomic mass is 32.1. The maximum atomic E-state index is 4.12. The van der Waals surface area contributed by atoms with Crippen molar-refractivity contribution in [2.45, 2.75) is 4.90 Å². The van der Waals surface area contributed by atoms with E-state index in [-0.39, 0.29) is 0 Å². The monoisotopic (exact) mass is 151 g/mol. The lowest BCUT2D eigenvalue weighted by Gasteiger charge is -1.91. The van der Waals surface area contributed by atoms with E-state index in [9.17, 15) is 0 Å². The second-order valence-corrected chi connectivity index (χ2v) is 2.46. The zero-order valence-electron chi connectivity index (χ0n) is 5.10. The fourth-order valence-corrected chi connectivity index (χ4v) is 0.988. The first kappa shape index (κ1) is 5.73. The predicted molar refractivity (Wildman–Crippen MR) is 40.2 cm³/mol. The molecule has 0 amide bonds. The lowest BCUT2D eigenvalue weighted by atomic mass is 10.6. The second-order valence-electron chi connectivity index (χ2n) is 1.95. The molecule has 2 aromatic heterocycles. The average Bonchev–Trinajstić information content (AvgIpc) is 2.33. The van der Waals surface area contributed by atoms with E-state index in [1.807, 2.05) is 16.8 Å². The fourth-order valence-electron chi connectivity index (χ4n) is 0.806. The molecule has 4 heteroatoms. The number of aromatic nitrogens is 3. The Bertz CT molecular complexity index is 355. The van der Waals surface area contributed by atoms with Crippen LogP contribution < -0.4 is 0 Å². The van der Waals surface area contributed by atoms with Crippen molar-refractivity contribution in [2.24, 2.45) is 0 Å². The third kappa shape index (κ3) is 0.769. The molecule has 3 nitrogen and oxygen atoms in total. The van der Waals surface area contributed by atoms with Gasteiger partial charge in [-0.15, -0.1) is 12.6 Å². The molecule has 0 N–H and O–H groups in total. The van der Waals surface area contributed by atoms with Gasteiger partial charge < -0.3 is 0 Å². The van der Waals surface area contributed by atoms with Gasteiger partial charge in [-0.2, -0.15) is 0 Å². The van der Waals surface area contributed by atoms with Crippen molar-refractivity contribution < 1.29 is 0 Å². The van der Waals surface area contributed by atoms with Gasteiger partial charge >= 0.3 is 0 Å². The zero-order chi connectivity index (χ0) is 6.97. The summed E-state index contributed by atoms with van der Waals surface area (Å²) < 4.78 is 1.82. The van der Waals surface area contributed by atoms with Crippen molar-refractivity contribution in [3.63, 3.8) is 0 Å². The molecule has 2 rings (SSSR count). The van der Waals surface area contributed by atoms with Crippen molar-refractivity contribution in [3.05, 3.63) is 24.8 Å². The molecule has 0 aromatic carbocycles. The van der Waals surface area contributed by atoms with Crippen molar-refractivity contribution >= 4 is 18.4 Å². The first-order valence-electron chi connectivity index (χ1n) is 2.84. The summed E-state index contributed by atoms with van der Waals surface area (Å²) in [6, 6.07) is 0. The van der Waals surface area contributed by atoms with E-state index in [1.165, 1.54) is 0 Å². The number of thiol groups is 1. The van der Waals surface area contributed by atoms with Gasteiger partial charge in [-0.1, -0.05) is 0 Å². The van der Waals surface area contributed by atoms with Crippen molar-refractivity contribution in [2.75, 3.05) is 0 Å². The number of imidazole rings is 1. The van der Waals surface area contributed by atoms with E-state index in [0.29, 0.717) is 5.78 Å². The smallest absolute Gasteiger partial charge is 0.233 e. The van der Waals surface area contributed by atoms with Crippen LogP contribution in [0.5, 0.6) is 0 Å². The molecule has 0 fully saturated rings. The molecule has 2 aromatic rings. The summed E-state index contributed by atoms with van der Waals surface area (Å²) >= 11 is 4.12. The predicted octanol–water partition coefficient (Wildman–Crippen LogP) is 1.02. The van der Waals surface area contributed by atoms with Gasteiger partial charge in [-0.25, -0.2) is 9.97 Å². The molecule has 0 saturated carbocycles. The van der Waals surface area contributed by atoms with Crippen LogP contribution in [0.3, 0.4) is 0 Å². The Hall–Kier alpha value is -1.03. The van der Waals surface area contributed by atoms with Gasteiger partial charge in [-0.3, -0.25) is 4.40 Å². The standard InChI is InChI=1S/C6H5N3S/c10-5-3-8-6-7-1-2-9(6)4-5/h1-4,10H. The summed E-state index contributed by atoms with van der Waals surface area (Å²) in [7, 11) is 0. The minimum atomic E-state index is 0.706. The molecule has 0 radical (unpaired) electrons.